The molecule has 2 aromatic carbocycles. The van der Waals surface area contributed by atoms with Gasteiger partial charge >= 0.3 is 0 Å². The lowest BCUT2D eigenvalue weighted by molar-refractivity contribution is -0.146. The van der Waals surface area contributed by atoms with Crippen LogP contribution < -0.4 is 4.72 Å². The summed E-state index contributed by atoms with van der Waals surface area (Å²) in [5.74, 6) is -0.367. The van der Waals surface area contributed by atoms with Gasteiger partial charge < -0.3 is 14.7 Å². The maximum Gasteiger partial charge on any atom is 0.245 e. The topological polar surface area (TPSA) is 90.0 Å². The summed E-state index contributed by atoms with van der Waals surface area (Å²) >= 11 is 6.04. The van der Waals surface area contributed by atoms with E-state index in [0.29, 0.717) is 18.0 Å². The monoisotopic (exact) mass is 560 g/mol. The summed E-state index contributed by atoms with van der Waals surface area (Å²) in [4.78, 5) is 33.0. The Kier molecular flexibility index (Phi) is 8.28. The summed E-state index contributed by atoms with van der Waals surface area (Å²) in [5, 5.41) is 2.16. The van der Waals surface area contributed by atoms with E-state index in [1.165, 1.54) is 18.9 Å². The second-order valence-electron chi connectivity index (χ2n) is 10.8. The number of piperidine rings is 1. The molecule has 2 amide bonds. The van der Waals surface area contributed by atoms with Gasteiger partial charge in [-0.15, -0.1) is 0 Å². The Balaban J connectivity index is 1.22. The smallest absolute Gasteiger partial charge is 0.245 e. The van der Waals surface area contributed by atoms with Crippen molar-refractivity contribution in [3.05, 3.63) is 41.4 Å². The molecule has 2 aromatic rings. The number of rotatable bonds is 8. The number of likely N-dealkylation sites (tertiary alicyclic amines) is 3. The van der Waals surface area contributed by atoms with E-state index in [1.807, 2.05) is 4.90 Å². The van der Waals surface area contributed by atoms with E-state index in [2.05, 4.69) is 9.62 Å². The van der Waals surface area contributed by atoms with E-state index in [-0.39, 0.29) is 22.8 Å². The number of halogens is 1. The zero-order chi connectivity index (χ0) is 26.9. The highest BCUT2D eigenvalue weighted by Gasteiger charge is 2.41. The summed E-state index contributed by atoms with van der Waals surface area (Å²) in [6, 6.07) is 8.76. The summed E-state index contributed by atoms with van der Waals surface area (Å²) in [6.07, 6.45) is 6.90. The predicted molar refractivity (Wildman–Crippen MR) is 149 cm³/mol. The molecule has 5 rings (SSSR count). The molecule has 0 saturated carbocycles. The van der Waals surface area contributed by atoms with Gasteiger partial charge in [0.05, 0.1) is 4.90 Å². The number of carbonyl (C=O) groups is 2. The van der Waals surface area contributed by atoms with Gasteiger partial charge in [-0.3, -0.25) is 9.59 Å². The third-order valence-corrected chi connectivity index (χ3v) is 10.0. The summed E-state index contributed by atoms with van der Waals surface area (Å²) < 4.78 is 28.9. The molecule has 3 aliphatic rings. The van der Waals surface area contributed by atoms with Crippen LogP contribution in [0.3, 0.4) is 0 Å². The molecule has 3 aliphatic heterocycles. The number of sulfonamides is 1. The summed E-state index contributed by atoms with van der Waals surface area (Å²) in [6.45, 7) is 6.14. The Bertz CT molecular complexity index is 1300. The van der Waals surface area contributed by atoms with Crippen LogP contribution in [0.25, 0.3) is 10.8 Å². The van der Waals surface area contributed by atoms with Gasteiger partial charge in [-0.05, 0) is 100.0 Å². The van der Waals surface area contributed by atoms with Crippen molar-refractivity contribution in [2.45, 2.75) is 74.9 Å². The molecule has 1 N–H and O–H groups in total. The Labute approximate surface area is 230 Å². The van der Waals surface area contributed by atoms with Crippen LogP contribution in [0.2, 0.25) is 5.02 Å². The maximum absolute atomic E-state index is 13.6. The molecule has 3 fully saturated rings. The maximum atomic E-state index is 13.6. The lowest BCUT2D eigenvalue weighted by atomic mass is 9.98. The highest BCUT2D eigenvalue weighted by molar-refractivity contribution is 7.89. The van der Waals surface area contributed by atoms with E-state index < -0.39 is 22.1 Å². The second kappa shape index (κ2) is 11.5. The van der Waals surface area contributed by atoms with Crippen molar-refractivity contribution >= 4 is 44.2 Å². The van der Waals surface area contributed by atoms with Gasteiger partial charge in [-0.25, -0.2) is 8.42 Å². The fourth-order valence-corrected chi connectivity index (χ4v) is 7.55. The zero-order valence-electron chi connectivity index (χ0n) is 21.9. The molecule has 3 atom stereocenters. The van der Waals surface area contributed by atoms with Crippen LogP contribution in [0.4, 0.5) is 0 Å². The lowest BCUT2D eigenvalue weighted by Crippen LogP contribution is -2.54. The summed E-state index contributed by atoms with van der Waals surface area (Å²) in [7, 11) is -3.92. The number of benzene rings is 2. The number of hydrogen-bond acceptors (Lipinski definition) is 5. The minimum atomic E-state index is -3.92. The van der Waals surface area contributed by atoms with Gasteiger partial charge in [0.25, 0.3) is 0 Å². The molecule has 0 aliphatic carbocycles. The van der Waals surface area contributed by atoms with E-state index >= 15 is 0 Å². The Morgan fingerprint density at radius 3 is 2.50 bits per heavy atom. The first kappa shape index (κ1) is 27.4. The van der Waals surface area contributed by atoms with Crippen molar-refractivity contribution < 1.29 is 18.0 Å². The largest absolute Gasteiger partial charge is 0.338 e. The molecule has 0 bridgehead atoms. The number of fused-ring (bicyclic) bond motifs is 1. The van der Waals surface area contributed by atoms with Crippen molar-refractivity contribution in [3.8, 4) is 0 Å². The Morgan fingerprint density at radius 2 is 1.71 bits per heavy atom. The van der Waals surface area contributed by atoms with Crippen molar-refractivity contribution in [2.24, 2.45) is 0 Å². The summed E-state index contributed by atoms with van der Waals surface area (Å²) in [5.41, 5.74) is 0. The van der Waals surface area contributed by atoms with Crippen LogP contribution >= 0.6 is 11.6 Å². The van der Waals surface area contributed by atoms with Crippen LogP contribution in [0.5, 0.6) is 0 Å². The van der Waals surface area contributed by atoms with Crippen LogP contribution in [0.1, 0.15) is 51.9 Å². The second-order valence-corrected chi connectivity index (χ2v) is 13.0. The molecule has 0 radical (unpaired) electrons. The average molecular weight is 561 g/mol. The van der Waals surface area contributed by atoms with Crippen LogP contribution in [0.15, 0.2) is 41.3 Å². The predicted octanol–water partition coefficient (Wildman–Crippen LogP) is 3.63. The van der Waals surface area contributed by atoms with Gasteiger partial charge in [0.2, 0.25) is 21.8 Å². The van der Waals surface area contributed by atoms with Crippen LogP contribution in [-0.4, -0.2) is 85.8 Å². The van der Waals surface area contributed by atoms with E-state index in [9.17, 15) is 18.0 Å². The van der Waals surface area contributed by atoms with Crippen molar-refractivity contribution in [2.75, 3.05) is 32.7 Å². The molecular formula is C28H37ClN4O4S. The molecule has 0 aromatic heterocycles. The minimum absolute atomic E-state index is 0.0267. The number of amides is 2. The third kappa shape index (κ3) is 5.86. The zero-order valence-corrected chi connectivity index (χ0v) is 23.5. The molecule has 0 spiro atoms. The van der Waals surface area contributed by atoms with Crippen molar-refractivity contribution in [1.82, 2.24) is 19.4 Å². The first-order valence-corrected chi connectivity index (χ1v) is 15.6. The van der Waals surface area contributed by atoms with Gasteiger partial charge in [0.1, 0.15) is 12.1 Å². The van der Waals surface area contributed by atoms with Crippen LogP contribution in [-0.2, 0) is 19.6 Å². The van der Waals surface area contributed by atoms with E-state index in [1.54, 1.807) is 42.2 Å². The average Bonchev–Trinajstić information content (AvgIpc) is 3.56. The molecule has 3 heterocycles. The molecular weight excluding hydrogens is 524 g/mol. The Hall–Kier alpha value is -2.20. The molecule has 3 saturated heterocycles. The number of nitrogens with one attached hydrogen (secondary N) is 1. The highest BCUT2D eigenvalue weighted by Crippen LogP contribution is 2.26. The minimum Gasteiger partial charge on any atom is -0.338 e. The van der Waals surface area contributed by atoms with E-state index in [4.69, 9.17) is 11.6 Å². The molecule has 38 heavy (non-hydrogen) atoms. The SMILES string of the molecule is C[C@@H](C(=O)N1CCCCC1CCN1CCCC1)N1CC[C@H](NS(=O)(=O)c2ccc3cc(Cl)ccc3c2)C1=O. The molecule has 206 valence electrons. The Morgan fingerprint density at radius 1 is 1.00 bits per heavy atom. The van der Waals surface area contributed by atoms with E-state index in [0.717, 1.165) is 62.6 Å². The number of carbonyl (C=O) groups excluding carboxylic acids is 2. The fourth-order valence-electron chi connectivity index (χ4n) is 6.11. The quantitative estimate of drug-likeness (QED) is 0.532. The first-order valence-electron chi connectivity index (χ1n) is 13.8. The number of nitrogens with zero attached hydrogens (tertiary/aromatic N) is 3. The van der Waals surface area contributed by atoms with Crippen molar-refractivity contribution in [3.63, 3.8) is 0 Å². The van der Waals surface area contributed by atoms with Gasteiger partial charge in [0.15, 0.2) is 0 Å². The molecule has 10 heteroatoms. The fraction of sp³-hybridized carbons (Fsp3) is 0.571. The van der Waals surface area contributed by atoms with Gasteiger partial charge in [-0.2, -0.15) is 4.72 Å². The highest BCUT2D eigenvalue weighted by atomic mass is 35.5. The first-order chi connectivity index (χ1) is 18.2. The van der Waals surface area contributed by atoms with Crippen LogP contribution in [0, 0.1) is 0 Å². The molecule has 8 nitrogen and oxygen atoms in total. The molecule has 1 unspecified atom stereocenters. The van der Waals surface area contributed by atoms with Gasteiger partial charge in [0, 0.05) is 30.7 Å². The van der Waals surface area contributed by atoms with Gasteiger partial charge in [-0.1, -0.05) is 23.7 Å². The normalized spacial score (nSPS) is 23.9. The third-order valence-electron chi connectivity index (χ3n) is 8.33. The number of hydrogen-bond donors (Lipinski definition) is 1. The standard InChI is InChI=1S/C28H37ClN4O4S/c1-20(27(34)33-15-3-2-6-24(33)11-16-31-13-4-5-14-31)32-17-12-26(28(32)35)30-38(36,37)25-10-8-21-18-23(29)9-7-22(21)19-25/h7-10,18-20,24,26,30H,2-6,11-17H2,1H3/t20-,24?,26-/m0/s1. The lowest BCUT2D eigenvalue weighted by Gasteiger charge is -2.39. The van der Waals surface area contributed by atoms with Crippen molar-refractivity contribution in [1.29, 1.82) is 0 Å².